The zero-order valence-electron chi connectivity index (χ0n) is 19.9. The van der Waals surface area contributed by atoms with Crippen LogP contribution < -0.4 is 9.47 Å². The van der Waals surface area contributed by atoms with E-state index in [1.54, 1.807) is 6.92 Å². The molecule has 0 aromatic heterocycles. The molecule has 2 aromatic rings. The van der Waals surface area contributed by atoms with Crippen LogP contribution in [-0.2, 0) is 18.5 Å². The monoisotopic (exact) mass is 536 g/mol. The average Bonchev–Trinajstić information content (AvgIpc) is 2.77. The van der Waals surface area contributed by atoms with E-state index in [0.717, 1.165) is 18.2 Å². The quantitative estimate of drug-likeness (QED) is 0.227. The number of hydrogen-bond donors (Lipinski definition) is 0. The van der Waals surface area contributed by atoms with E-state index in [1.165, 1.54) is 13.0 Å². The first kappa shape index (κ1) is 30.8. The van der Waals surface area contributed by atoms with E-state index in [2.05, 4.69) is 0 Å². The lowest BCUT2D eigenvalue weighted by atomic mass is 9.71. The van der Waals surface area contributed by atoms with Gasteiger partial charge in [-0.25, -0.2) is 0 Å². The Hall–Kier alpha value is -2.46. The number of ether oxygens (including phenoxy) is 2. The van der Waals surface area contributed by atoms with E-state index in [9.17, 15) is 39.5 Å². The number of rotatable bonds is 10. The molecule has 13 heteroatoms. The van der Waals surface area contributed by atoms with Crippen molar-refractivity contribution >= 4 is 15.7 Å². The second-order valence-electron chi connectivity index (χ2n) is 8.66. The van der Waals surface area contributed by atoms with Gasteiger partial charge < -0.3 is 9.47 Å². The highest BCUT2D eigenvalue weighted by Crippen LogP contribution is 2.39. The highest BCUT2D eigenvalue weighted by Gasteiger charge is 2.38. The van der Waals surface area contributed by atoms with Crippen molar-refractivity contribution in [2.45, 2.75) is 75.5 Å². The van der Waals surface area contributed by atoms with Gasteiger partial charge in [0, 0.05) is 0 Å². The van der Waals surface area contributed by atoms with Crippen molar-refractivity contribution in [3.63, 3.8) is 0 Å². The van der Waals surface area contributed by atoms with Crippen molar-refractivity contribution in [2.75, 3.05) is 0 Å². The molecule has 0 spiro atoms. The molecule has 0 amide bonds. The molecule has 2 rings (SSSR count). The third-order valence-electron chi connectivity index (χ3n) is 5.76. The number of alkyl halides is 9. The first-order valence-corrected chi connectivity index (χ1v) is 11.2. The first-order chi connectivity index (χ1) is 16.8. The normalized spacial score (nSPS) is 16.1. The number of halogens is 9. The van der Waals surface area contributed by atoms with Crippen molar-refractivity contribution in [1.29, 1.82) is 0 Å². The fourth-order valence-corrected chi connectivity index (χ4v) is 3.48. The van der Waals surface area contributed by atoms with Crippen LogP contribution in [0.4, 0.5) is 39.5 Å². The summed E-state index contributed by atoms with van der Waals surface area (Å²) in [5.41, 5.74) is -7.09. The minimum absolute atomic E-state index is 0.0166. The molecule has 0 saturated heterocycles. The lowest BCUT2D eigenvalue weighted by Crippen LogP contribution is -2.39. The van der Waals surface area contributed by atoms with Crippen LogP contribution >= 0.6 is 0 Å². The van der Waals surface area contributed by atoms with E-state index in [4.69, 9.17) is 25.2 Å². The summed E-state index contributed by atoms with van der Waals surface area (Å²) in [6.45, 7) is 3.17. The zero-order chi connectivity index (χ0) is 28.3. The van der Waals surface area contributed by atoms with Crippen LogP contribution in [-0.4, -0.2) is 26.7 Å². The van der Waals surface area contributed by atoms with E-state index in [0.29, 0.717) is 12.1 Å². The minimum Gasteiger partial charge on any atom is -0.497 e. The van der Waals surface area contributed by atoms with E-state index in [1.807, 2.05) is 0 Å². The molecular formula is C24H23B2F9O2. The molecule has 2 aromatic carbocycles. The summed E-state index contributed by atoms with van der Waals surface area (Å²) in [5, 5.41) is 0. The molecule has 0 N–H and O–H groups in total. The van der Waals surface area contributed by atoms with Gasteiger partial charge in [0.1, 0.15) is 27.2 Å². The van der Waals surface area contributed by atoms with Gasteiger partial charge in [-0.1, -0.05) is 19.9 Å². The van der Waals surface area contributed by atoms with Crippen LogP contribution in [0.25, 0.3) is 0 Å². The third-order valence-corrected chi connectivity index (χ3v) is 5.76. The van der Waals surface area contributed by atoms with E-state index < -0.39 is 52.0 Å². The largest absolute Gasteiger partial charge is 0.497 e. The van der Waals surface area contributed by atoms with Gasteiger partial charge >= 0.3 is 18.5 Å². The topological polar surface area (TPSA) is 18.5 Å². The van der Waals surface area contributed by atoms with Crippen molar-refractivity contribution in [2.24, 2.45) is 0 Å². The van der Waals surface area contributed by atoms with Crippen LogP contribution in [0, 0.1) is 0 Å². The molecule has 0 aliphatic heterocycles. The van der Waals surface area contributed by atoms with Crippen LogP contribution in [0.2, 0.25) is 0 Å². The highest BCUT2D eigenvalue weighted by molar-refractivity contribution is 6.15. The van der Waals surface area contributed by atoms with E-state index >= 15 is 0 Å². The van der Waals surface area contributed by atoms with Gasteiger partial charge in [0.25, 0.3) is 0 Å². The van der Waals surface area contributed by atoms with Crippen molar-refractivity contribution in [1.82, 2.24) is 0 Å². The Morgan fingerprint density at radius 2 is 1.00 bits per heavy atom. The Balaban J connectivity index is 2.17. The van der Waals surface area contributed by atoms with E-state index in [-0.39, 0.29) is 43.9 Å². The Kier molecular flexibility index (Phi) is 9.24. The fraction of sp³-hybridized carbons (Fsp3) is 0.500. The molecular weight excluding hydrogens is 513 g/mol. The predicted octanol–water partition coefficient (Wildman–Crippen LogP) is 7.92. The summed E-state index contributed by atoms with van der Waals surface area (Å²) < 4.78 is 129. The minimum atomic E-state index is -5.05. The Labute approximate surface area is 211 Å². The van der Waals surface area contributed by atoms with Crippen LogP contribution in [0.1, 0.15) is 62.6 Å². The summed E-state index contributed by atoms with van der Waals surface area (Å²) in [6, 6.07) is 4.98. The van der Waals surface area contributed by atoms with Gasteiger partial charge in [0.2, 0.25) is 0 Å². The maximum absolute atomic E-state index is 13.1. The van der Waals surface area contributed by atoms with Gasteiger partial charge in [-0.3, -0.25) is 0 Å². The summed E-state index contributed by atoms with van der Waals surface area (Å²) in [4.78, 5) is 0. The molecule has 2 nitrogen and oxygen atoms in total. The Morgan fingerprint density at radius 3 is 1.41 bits per heavy atom. The number of benzene rings is 2. The maximum Gasteiger partial charge on any atom is 0.416 e. The molecule has 2 atom stereocenters. The Bertz CT molecular complexity index is 1020. The Morgan fingerprint density at radius 1 is 0.595 bits per heavy atom. The smallest absolute Gasteiger partial charge is 0.416 e. The van der Waals surface area contributed by atoms with Crippen LogP contribution in [0.3, 0.4) is 0 Å². The van der Waals surface area contributed by atoms with Gasteiger partial charge in [-0.2, -0.15) is 39.5 Å². The molecule has 0 fully saturated rings. The summed E-state index contributed by atoms with van der Waals surface area (Å²) in [5.74, 6) is -0.824. The third kappa shape index (κ3) is 8.81. The fourth-order valence-electron chi connectivity index (χ4n) is 3.48. The molecule has 0 aliphatic carbocycles. The lowest BCUT2D eigenvalue weighted by Gasteiger charge is -2.34. The molecule has 37 heavy (non-hydrogen) atoms. The first-order valence-electron chi connectivity index (χ1n) is 11.2. The van der Waals surface area contributed by atoms with Gasteiger partial charge in [0.05, 0.1) is 27.7 Å². The molecule has 2 unspecified atom stereocenters. The molecule has 0 aliphatic rings. The molecule has 200 valence electrons. The van der Waals surface area contributed by atoms with Crippen LogP contribution in [0.5, 0.6) is 11.5 Å². The lowest BCUT2D eigenvalue weighted by molar-refractivity contribution is -0.143. The molecule has 0 saturated carbocycles. The maximum atomic E-state index is 13.1. The predicted molar refractivity (Wildman–Crippen MR) is 121 cm³/mol. The van der Waals surface area contributed by atoms with Gasteiger partial charge in [0.15, 0.2) is 0 Å². The zero-order valence-corrected chi connectivity index (χ0v) is 19.9. The summed E-state index contributed by atoms with van der Waals surface area (Å²) >= 11 is 0. The second-order valence-corrected chi connectivity index (χ2v) is 8.66. The van der Waals surface area contributed by atoms with Crippen molar-refractivity contribution < 1.29 is 49.0 Å². The second kappa shape index (κ2) is 11.1. The molecule has 0 heterocycles. The van der Waals surface area contributed by atoms with Crippen molar-refractivity contribution in [3.05, 3.63) is 59.2 Å². The number of hydrogen-bond acceptors (Lipinski definition) is 2. The standard InChI is InChI=1S/C24H23B2F9O2/c1-3-20(25,36-18-8-5-7-15(12-18)22(27,28)29)9-6-10-21(26,4-2)37-19-13-16(23(30,31)32)11-17(14-19)24(33,34)35/h5,7-8,11-14H,3-4,6,9-10H2,1-2H3. The summed E-state index contributed by atoms with van der Waals surface area (Å²) in [6.07, 6.45) is -14.4. The SMILES string of the molecule is [B]C(CC)(CCCC([B])(CC)Oc1cc(C(F)(F)F)cc(C(F)(F)F)c1)Oc1cccc(C(F)(F)F)c1. The summed E-state index contributed by atoms with van der Waals surface area (Å²) in [7, 11) is 12.4. The van der Waals surface area contributed by atoms with Crippen molar-refractivity contribution in [3.8, 4) is 11.5 Å². The van der Waals surface area contributed by atoms with Crippen LogP contribution in [0.15, 0.2) is 42.5 Å². The van der Waals surface area contributed by atoms with Gasteiger partial charge in [-0.15, -0.1) is 0 Å². The highest BCUT2D eigenvalue weighted by atomic mass is 19.4. The molecule has 0 bridgehead atoms. The van der Waals surface area contributed by atoms with Gasteiger partial charge in [-0.05, 0) is 68.5 Å². The average molecular weight is 536 g/mol. The molecule has 4 radical (unpaired) electrons.